The van der Waals surface area contributed by atoms with Gasteiger partial charge in [-0.1, -0.05) is 6.42 Å². The fourth-order valence-corrected chi connectivity index (χ4v) is 3.12. The first-order valence-corrected chi connectivity index (χ1v) is 7.49. The highest BCUT2D eigenvalue weighted by molar-refractivity contribution is 4.76. The fraction of sp³-hybridized carbons (Fsp3) is 1.00. The average Bonchev–Trinajstić information content (AvgIpc) is 2.36. The van der Waals surface area contributed by atoms with Gasteiger partial charge in [-0.25, -0.2) is 0 Å². The topological polar surface area (TPSA) is 18.5 Å². The smallest absolute Gasteiger partial charge is 0.0195 e. The normalized spacial score (nSPS) is 28.4. The molecule has 1 N–H and O–H groups in total. The molecule has 0 saturated carbocycles. The molecule has 2 fully saturated rings. The summed E-state index contributed by atoms with van der Waals surface area (Å²) in [5.41, 5.74) is 0. The van der Waals surface area contributed by atoms with Crippen LogP contribution in [-0.4, -0.2) is 62.2 Å². The molecule has 0 spiro atoms. The van der Waals surface area contributed by atoms with Crippen LogP contribution in [-0.2, 0) is 0 Å². The molecule has 0 aliphatic carbocycles. The lowest BCUT2D eigenvalue weighted by Gasteiger charge is -2.31. The summed E-state index contributed by atoms with van der Waals surface area (Å²) in [4.78, 5) is 5.09. The van der Waals surface area contributed by atoms with Gasteiger partial charge in [-0.05, 0) is 71.9 Å². The second kappa shape index (κ2) is 7.34. The minimum atomic E-state index is 0.745. The van der Waals surface area contributed by atoms with Crippen molar-refractivity contribution in [1.82, 2.24) is 15.1 Å². The van der Waals surface area contributed by atoms with E-state index in [1.54, 1.807) is 0 Å². The molecule has 2 aliphatic rings. The van der Waals surface area contributed by atoms with Crippen LogP contribution in [0.5, 0.6) is 0 Å². The Balaban J connectivity index is 1.50. The highest BCUT2D eigenvalue weighted by atomic mass is 15.1. The first-order chi connectivity index (χ1) is 8.34. The van der Waals surface area contributed by atoms with Crippen molar-refractivity contribution in [3.8, 4) is 0 Å². The molecule has 0 bridgehead atoms. The van der Waals surface area contributed by atoms with Crippen LogP contribution < -0.4 is 5.32 Å². The van der Waals surface area contributed by atoms with Crippen molar-refractivity contribution in [2.45, 2.75) is 44.6 Å². The fourth-order valence-electron chi connectivity index (χ4n) is 3.12. The van der Waals surface area contributed by atoms with Gasteiger partial charge in [-0.2, -0.15) is 0 Å². The monoisotopic (exact) mass is 239 g/mol. The molecule has 3 heteroatoms. The van der Waals surface area contributed by atoms with Crippen LogP contribution in [0.4, 0.5) is 0 Å². The van der Waals surface area contributed by atoms with E-state index in [4.69, 9.17) is 0 Å². The molecule has 1 unspecified atom stereocenters. The van der Waals surface area contributed by atoms with Gasteiger partial charge in [0.25, 0.3) is 0 Å². The number of piperidine rings is 2. The first kappa shape index (κ1) is 13.3. The van der Waals surface area contributed by atoms with Crippen LogP contribution in [0.2, 0.25) is 0 Å². The van der Waals surface area contributed by atoms with Gasteiger partial charge in [-0.15, -0.1) is 0 Å². The van der Waals surface area contributed by atoms with Crippen molar-refractivity contribution in [2.75, 3.05) is 46.3 Å². The standard InChI is InChI=1S/C14H29N3/c1-16-9-5-7-14(13-16)15-8-6-12-17-10-3-2-4-11-17/h14-15H,2-13H2,1H3. The molecule has 0 aromatic heterocycles. The van der Waals surface area contributed by atoms with Gasteiger partial charge in [0.15, 0.2) is 0 Å². The maximum atomic E-state index is 3.72. The van der Waals surface area contributed by atoms with Crippen molar-refractivity contribution in [1.29, 1.82) is 0 Å². The maximum Gasteiger partial charge on any atom is 0.0195 e. The molecule has 2 heterocycles. The molecule has 3 nitrogen and oxygen atoms in total. The Labute approximate surface area is 107 Å². The van der Waals surface area contributed by atoms with Crippen molar-refractivity contribution < 1.29 is 0 Å². The lowest BCUT2D eigenvalue weighted by Crippen LogP contribution is -2.44. The van der Waals surface area contributed by atoms with Crippen LogP contribution in [0, 0.1) is 0 Å². The van der Waals surface area contributed by atoms with E-state index in [9.17, 15) is 0 Å². The Morgan fingerprint density at radius 2 is 1.88 bits per heavy atom. The van der Waals surface area contributed by atoms with E-state index < -0.39 is 0 Å². The second-order valence-electron chi connectivity index (χ2n) is 5.81. The van der Waals surface area contributed by atoms with E-state index in [1.807, 2.05) is 0 Å². The number of hydrogen-bond acceptors (Lipinski definition) is 3. The molecular weight excluding hydrogens is 210 g/mol. The third kappa shape index (κ3) is 4.94. The molecule has 1 atom stereocenters. The third-order valence-corrected chi connectivity index (χ3v) is 4.16. The van der Waals surface area contributed by atoms with Gasteiger partial charge in [0.1, 0.15) is 0 Å². The number of likely N-dealkylation sites (N-methyl/N-ethyl adjacent to an activating group) is 1. The Morgan fingerprint density at radius 3 is 2.65 bits per heavy atom. The van der Waals surface area contributed by atoms with Crippen LogP contribution in [0.25, 0.3) is 0 Å². The molecule has 0 radical (unpaired) electrons. The Hall–Kier alpha value is -0.120. The summed E-state index contributed by atoms with van der Waals surface area (Å²) >= 11 is 0. The Kier molecular flexibility index (Phi) is 5.75. The number of hydrogen-bond donors (Lipinski definition) is 1. The van der Waals surface area contributed by atoms with E-state index in [0.29, 0.717) is 0 Å². The van der Waals surface area contributed by atoms with Crippen molar-refractivity contribution in [2.24, 2.45) is 0 Å². The number of nitrogens with one attached hydrogen (secondary N) is 1. The van der Waals surface area contributed by atoms with Crippen LogP contribution in [0.3, 0.4) is 0 Å². The highest BCUT2D eigenvalue weighted by Gasteiger charge is 2.16. The summed E-state index contributed by atoms with van der Waals surface area (Å²) in [5.74, 6) is 0. The van der Waals surface area contributed by atoms with Crippen LogP contribution >= 0.6 is 0 Å². The molecule has 0 amide bonds. The summed E-state index contributed by atoms with van der Waals surface area (Å²) in [6.45, 7) is 7.71. The third-order valence-electron chi connectivity index (χ3n) is 4.16. The molecule has 0 aromatic carbocycles. The van der Waals surface area contributed by atoms with E-state index in [1.165, 1.54) is 77.8 Å². The van der Waals surface area contributed by atoms with Gasteiger partial charge in [0.05, 0.1) is 0 Å². The zero-order valence-electron chi connectivity index (χ0n) is 11.5. The number of nitrogens with zero attached hydrogens (tertiary/aromatic N) is 2. The molecular formula is C14H29N3. The lowest BCUT2D eigenvalue weighted by molar-refractivity contribution is 0.211. The molecule has 2 aliphatic heterocycles. The van der Waals surface area contributed by atoms with E-state index >= 15 is 0 Å². The zero-order valence-corrected chi connectivity index (χ0v) is 11.5. The SMILES string of the molecule is CN1CCCC(NCCCN2CCCCC2)C1. The van der Waals surface area contributed by atoms with Gasteiger partial charge >= 0.3 is 0 Å². The van der Waals surface area contributed by atoms with Gasteiger partial charge < -0.3 is 15.1 Å². The number of likely N-dealkylation sites (tertiary alicyclic amines) is 2. The first-order valence-electron chi connectivity index (χ1n) is 7.49. The summed E-state index contributed by atoms with van der Waals surface area (Å²) in [6, 6.07) is 0.745. The summed E-state index contributed by atoms with van der Waals surface area (Å²) in [6.07, 6.45) is 8.33. The van der Waals surface area contributed by atoms with E-state index in [-0.39, 0.29) is 0 Å². The summed E-state index contributed by atoms with van der Waals surface area (Å²) in [7, 11) is 2.24. The van der Waals surface area contributed by atoms with Crippen molar-refractivity contribution >= 4 is 0 Å². The largest absolute Gasteiger partial charge is 0.313 e. The minimum Gasteiger partial charge on any atom is -0.313 e. The molecule has 0 aromatic rings. The number of rotatable bonds is 5. The second-order valence-corrected chi connectivity index (χ2v) is 5.81. The van der Waals surface area contributed by atoms with Gasteiger partial charge in [0, 0.05) is 12.6 Å². The van der Waals surface area contributed by atoms with Crippen molar-refractivity contribution in [3.63, 3.8) is 0 Å². The molecule has 2 rings (SSSR count). The highest BCUT2D eigenvalue weighted by Crippen LogP contribution is 2.09. The summed E-state index contributed by atoms with van der Waals surface area (Å²) in [5, 5.41) is 3.72. The Bertz CT molecular complexity index is 202. The average molecular weight is 239 g/mol. The quantitative estimate of drug-likeness (QED) is 0.734. The van der Waals surface area contributed by atoms with E-state index in [0.717, 1.165) is 6.04 Å². The predicted octanol–water partition coefficient (Wildman–Crippen LogP) is 1.55. The molecule has 100 valence electrons. The zero-order chi connectivity index (χ0) is 11.9. The van der Waals surface area contributed by atoms with Crippen molar-refractivity contribution in [3.05, 3.63) is 0 Å². The van der Waals surface area contributed by atoms with Gasteiger partial charge in [0.2, 0.25) is 0 Å². The van der Waals surface area contributed by atoms with Crippen LogP contribution in [0.1, 0.15) is 38.5 Å². The molecule has 2 saturated heterocycles. The van der Waals surface area contributed by atoms with Crippen LogP contribution in [0.15, 0.2) is 0 Å². The van der Waals surface area contributed by atoms with E-state index in [2.05, 4.69) is 22.2 Å². The summed E-state index contributed by atoms with van der Waals surface area (Å²) < 4.78 is 0. The van der Waals surface area contributed by atoms with Gasteiger partial charge in [-0.3, -0.25) is 0 Å². The molecule has 17 heavy (non-hydrogen) atoms. The maximum absolute atomic E-state index is 3.72. The Morgan fingerprint density at radius 1 is 1.06 bits per heavy atom. The predicted molar refractivity (Wildman–Crippen MR) is 73.4 cm³/mol. The minimum absolute atomic E-state index is 0.745. The lowest BCUT2D eigenvalue weighted by atomic mass is 10.1.